The van der Waals surface area contributed by atoms with Gasteiger partial charge in [-0.2, -0.15) is 0 Å². The molecule has 0 saturated heterocycles. The third-order valence-electron chi connectivity index (χ3n) is 2.98. The number of benzene rings is 1. The highest BCUT2D eigenvalue weighted by molar-refractivity contribution is 5.37. The van der Waals surface area contributed by atoms with Crippen molar-refractivity contribution in [3.8, 4) is 0 Å². The van der Waals surface area contributed by atoms with Gasteiger partial charge in [-0.1, -0.05) is 38.1 Å². The fourth-order valence-electron chi connectivity index (χ4n) is 2.41. The van der Waals surface area contributed by atoms with Crippen molar-refractivity contribution in [1.29, 1.82) is 0 Å². The summed E-state index contributed by atoms with van der Waals surface area (Å²) in [6.45, 7) is 4.35. The second kappa shape index (κ2) is 3.15. The smallest absolute Gasteiger partial charge is 0.0651 e. The predicted octanol–water partition coefficient (Wildman–Crippen LogP) is 2.34. The first-order valence-corrected chi connectivity index (χ1v) is 4.96. The summed E-state index contributed by atoms with van der Waals surface area (Å²) >= 11 is 0. The van der Waals surface area contributed by atoms with E-state index in [0.29, 0.717) is 11.8 Å². The summed E-state index contributed by atoms with van der Waals surface area (Å²) in [5.74, 6) is 0.870. The molecule has 70 valence electrons. The van der Waals surface area contributed by atoms with E-state index >= 15 is 0 Å². The van der Waals surface area contributed by atoms with E-state index < -0.39 is 0 Å². The largest absolute Gasteiger partial charge is 0.392 e. The summed E-state index contributed by atoms with van der Waals surface area (Å²) in [4.78, 5) is 0. The molecular weight excluding hydrogens is 160 g/mol. The van der Waals surface area contributed by atoms with Crippen LogP contribution in [0.5, 0.6) is 0 Å². The predicted molar refractivity (Wildman–Crippen MR) is 53.7 cm³/mol. The van der Waals surface area contributed by atoms with E-state index in [1.165, 1.54) is 11.1 Å². The third-order valence-corrected chi connectivity index (χ3v) is 2.98. The minimum atomic E-state index is -0.169. The molecule has 1 heteroatoms. The molecule has 0 saturated carbocycles. The molecule has 0 amide bonds. The fourth-order valence-corrected chi connectivity index (χ4v) is 2.41. The Labute approximate surface area is 79.4 Å². The lowest BCUT2D eigenvalue weighted by Gasteiger charge is -2.19. The minimum Gasteiger partial charge on any atom is -0.392 e. The van der Waals surface area contributed by atoms with E-state index in [9.17, 15) is 5.11 Å². The SMILES string of the molecule is CC(C)[C@H]1c2ccccc2C[C@H]1O. The minimum absolute atomic E-state index is 0.169. The molecule has 0 aromatic heterocycles. The van der Waals surface area contributed by atoms with E-state index in [4.69, 9.17) is 0 Å². The van der Waals surface area contributed by atoms with Crippen LogP contribution in [0.3, 0.4) is 0 Å². The van der Waals surface area contributed by atoms with Crippen molar-refractivity contribution in [2.24, 2.45) is 5.92 Å². The second-order valence-corrected chi connectivity index (χ2v) is 4.24. The zero-order chi connectivity index (χ0) is 9.42. The Morgan fingerprint density at radius 3 is 2.69 bits per heavy atom. The van der Waals surface area contributed by atoms with Crippen LogP contribution in [0.2, 0.25) is 0 Å². The van der Waals surface area contributed by atoms with Crippen LogP contribution in [0.25, 0.3) is 0 Å². The van der Waals surface area contributed by atoms with Gasteiger partial charge in [0.15, 0.2) is 0 Å². The van der Waals surface area contributed by atoms with Crippen LogP contribution in [0.15, 0.2) is 24.3 Å². The van der Waals surface area contributed by atoms with Crippen molar-refractivity contribution in [2.45, 2.75) is 32.3 Å². The normalized spacial score (nSPS) is 26.5. The van der Waals surface area contributed by atoms with Crippen LogP contribution in [0.1, 0.15) is 30.9 Å². The number of rotatable bonds is 1. The number of aliphatic hydroxyl groups excluding tert-OH is 1. The highest BCUT2D eigenvalue weighted by atomic mass is 16.3. The van der Waals surface area contributed by atoms with Crippen LogP contribution >= 0.6 is 0 Å². The summed E-state index contributed by atoms with van der Waals surface area (Å²) in [7, 11) is 0. The van der Waals surface area contributed by atoms with Gasteiger partial charge in [0.2, 0.25) is 0 Å². The molecule has 0 heterocycles. The lowest BCUT2D eigenvalue weighted by atomic mass is 9.89. The Morgan fingerprint density at radius 2 is 2.00 bits per heavy atom. The molecule has 1 aromatic rings. The van der Waals surface area contributed by atoms with Crippen LogP contribution in [0.4, 0.5) is 0 Å². The number of hydrogen-bond acceptors (Lipinski definition) is 1. The lowest BCUT2D eigenvalue weighted by Crippen LogP contribution is -2.18. The Hall–Kier alpha value is -0.820. The van der Waals surface area contributed by atoms with Crippen molar-refractivity contribution < 1.29 is 5.11 Å². The van der Waals surface area contributed by atoms with Crippen LogP contribution in [-0.4, -0.2) is 11.2 Å². The van der Waals surface area contributed by atoms with Gasteiger partial charge < -0.3 is 5.11 Å². The van der Waals surface area contributed by atoms with E-state index in [2.05, 4.69) is 32.0 Å². The monoisotopic (exact) mass is 176 g/mol. The number of hydrogen-bond donors (Lipinski definition) is 1. The van der Waals surface area contributed by atoms with Crippen molar-refractivity contribution in [3.63, 3.8) is 0 Å². The Morgan fingerprint density at radius 1 is 1.31 bits per heavy atom. The average molecular weight is 176 g/mol. The molecule has 1 N–H and O–H groups in total. The molecule has 0 fully saturated rings. The zero-order valence-electron chi connectivity index (χ0n) is 8.20. The Bertz CT molecular complexity index is 304. The average Bonchev–Trinajstić information content (AvgIpc) is 2.39. The molecule has 1 nitrogen and oxygen atoms in total. The van der Waals surface area contributed by atoms with Gasteiger partial charge in [0.1, 0.15) is 0 Å². The van der Waals surface area contributed by atoms with Crippen LogP contribution in [-0.2, 0) is 6.42 Å². The van der Waals surface area contributed by atoms with Gasteiger partial charge in [-0.15, -0.1) is 0 Å². The van der Waals surface area contributed by atoms with Crippen molar-refractivity contribution in [1.82, 2.24) is 0 Å². The van der Waals surface area contributed by atoms with Gasteiger partial charge in [0, 0.05) is 5.92 Å². The molecule has 1 aliphatic rings. The first-order chi connectivity index (χ1) is 6.20. The molecule has 0 unspecified atom stereocenters. The molecule has 1 aliphatic carbocycles. The molecule has 0 radical (unpaired) electrons. The number of fused-ring (bicyclic) bond motifs is 1. The summed E-state index contributed by atoms with van der Waals surface area (Å²) in [5.41, 5.74) is 2.68. The summed E-state index contributed by atoms with van der Waals surface area (Å²) in [6, 6.07) is 8.39. The molecule has 2 rings (SSSR count). The first-order valence-electron chi connectivity index (χ1n) is 4.96. The van der Waals surface area contributed by atoms with Gasteiger partial charge in [0.05, 0.1) is 6.10 Å². The summed E-state index contributed by atoms with van der Waals surface area (Å²) in [6.07, 6.45) is 0.663. The Kier molecular flexibility index (Phi) is 2.12. The van der Waals surface area contributed by atoms with Gasteiger partial charge in [-0.3, -0.25) is 0 Å². The highest BCUT2D eigenvalue weighted by Crippen LogP contribution is 2.37. The Balaban J connectivity index is 2.40. The van der Waals surface area contributed by atoms with E-state index in [1.807, 2.05) is 6.07 Å². The second-order valence-electron chi connectivity index (χ2n) is 4.24. The van der Waals surface area contributed by atoms with Gasteiger partial charge in [0.25, 0.3) is 0 Å². The maximum Gasteiger partial charge on any atom is 0.0651 e. The molecular formula is C12H16O. The number of aliphatic hydroxyl groups is 1. The molecule has 2 atom stereocenters. The molecule has 1 aromatic carbocycles. The standard InChI is InChI=1S/C12H16O/c1-8(2)12-10-6-4-3-5-9(10)7-11(12)13/h3-6,8,11-13H,7H2,1-2H3/t11-,12+/m1/s1. The summed E-state index contributed by atoms with van der Waals surface area (Å²) in [5, 5.41) is 9.88. The zero-order valence-corrected chi connectivity index (χ0v) is 8.20. The third kappa shape index (κ3) is 1.37. The van der Waals surface area contributed by atoms with Gasteiger partial charge in [-0.05, 0) is 23.5 Å². The molecule has 0 bridgehead atoms. The highest BCUT2D eigenvalue weighted by Gasteiger charge is 2.32. The van der Waals surface area contributed by atoms with Crippen molar-refractivity contribution >= 4 is 0 Å². The maximum atomic E-state index is 9.88. The quantitative estimate of drug-likeness (QED) is 0.696. The maximum absolute atomic E-state index is 9.88. The first kappa shape index (κ1) is 8.76. The van der Waals surface area contributed by atoms with E-state index in [-0.39, 0.29) is 6.10 Å². The van der Waals surface area contributed by atoms with E-state index in [0.717, 1.165) is 6.42 Å². The van der Waals surface area contributed by atoms with Crippen LogP contribution < -0.4 is 0 Å². The van der Waals surface area contributed by atoms with E-state index in [1.54, 1.807) is 0 Å². The molecule has 0 spiro atoms. The van der Waals surface area contributed by atoms with Gasteiger partial charge >= 0.3 is 0 Å². The fraction of sp³-hybridized carbons (Fsp3) is 0.500. The topological polar surface area (TPSA) is 20.2 Å². The molecule has 13 heavy (non-hydrogen) atoms. The van der Waals surface area contributed by atoms with Crippen molar-refractivity contribution in [3.05, 3.63) is 35.4 Å². The summed E-state index contributed by atoms with van der Waals surface area (Å²) < 4.78 is 0. The van der Waals surface area contributed by atoms with Gasteiger partial charge in [-0.25, -0.2) is 0 Å². The van der Waals surface area contributed by atoms with Crippen LogP contribution in [0, 0.1) is 5.92 Å². The van der Waals surface area contributed by atoms with Crippen molar-refractivity contribution in [2.75, 3.05) is 0 Å². The lowest BCUT2D eigenvalue weighted by molar-refractivity contribution is 0.136. The molecule has 0 aliphatic heterocycles.